The number of rotatable bonds is 14. The van der Waals surface area contributed by atoms with Gasteiger partial charge < -0.3 is 19.6 Å². The number of carbonyl (C=O) groups is 2. The fourth-order valence-corrected chi connectivity index (χ4v) is 10.6. The number of hydrogen-bond donors (Lipinski definition) is 4. The van der Waals surface area contributed by atoms with Gasteiger partial charge in [-0.3, -0.25) is 37.9 Å². The van der Waals surface area contributed by atoms with Crippen LogP contribution in [0.2, 0.25) is 10.0 Å². The van der Waals surface area contributed by atoms with Crippen LogP contribution in [0, 0.1) is 0 Å². The number of aromatic nitrogens is 8. The van der Waals surface area contributed by atoms with Gasteiger partial charge in [0.05, 0.1) is 22.6 Å². The van der Waals surface area contributed by atoms with Gasteiger partial charge in [0.25, 0.3) is 0 Å². The lowest BCUT2D eigenvalue weighted by atomic mass is 9.89. The van der Waals surface area contributed by atoms with Gasteiger partial charge >= 0.3 is 15.6 Å². The van der Waals surface area contributed by atoms with Crippen LogP contribution in [-0.2, 0) is 36.8 Å². The van der Waals surface area contributed by atoms with E-state index >= 15 is 0 Å². The number of H-pyrrole nitrogens is 2. The predicted molar refractivity (Wildman–Crippen MR) is 270 cm³/mol. The smallest absolute Gasteiger partial charge is 0.341 e. The van der Waals surface area contributed by atoms with Crippen molar-refractivity contribution in [1.82, 2.24) is 50.1 Å². The first kappa shape index (κ1) is 54.5. The average Bonchev–Trinajstić information content (AvgIpc) is 3.99. The topological polar surface area (TPSA) is 261 Å². The quantitative estimate of drug-likeness (QED) is 0.0740. The Kier molecular flexibility index (Phi) is 17.7. The van der Waals surface area contributed by atoms with Crippen LogP contribution in [0.5, 0.6) is 0 Å². The van der Waals surface area contributed by atoms with Crippen molar-refractivity contribution in [3.05, 3.63) is 107 Å². The number of phosphoric ester groups is 2. The Morgan fingerprint density at radius 3 is 1.33 bits per heavy atom. The molecule has 0 unspecified atom stereocenters. The second-order valence-corrected chi connectivity index (χ2v) is 22.8. The van der Waals surface area contributed by atoms with E-state index in [9.17, 15) is 18.7 Å². The molecule has 2 aromatic carbocycles. The van der Waals surface area contributed by atoms with E-state index in [0.29, 0.717) is 61.9 Å². The zero-order valence-electron chi connectivity index (χ0n) is 40.7. The van der Waals surface area contributed by atoms with E-state index < -0.39 is 46.0 Å². The van der Waals surface area contributed by atoms with E-state index in [0.717, 1.165) is 56.4 Å². The molecule has 384 valence electrons. The average molecular weight is 1070 g/mol. The van der Waals surface area contributed by atoms with Crippen LogP contribution in [0.4, 0.5) is 0 Å². The summed E-state index contributed by atoms with van der Waals surface area (Å²) in [4.78, 5) is 63.1. The maximum Gasteiger partial charge on any atom is 0.476 e. The van der Waals surface area contributed by atoms with Crippen LogP contribution in [0.3, 0.4) is 0 Å². The summed E-state index contributed by atoms with van der Waals surface area (Å²) in [5.41, 5.74) is 6.98. The van der Waals surface area contributed by atoms with E-state index in [1.54, 1.807) is 75.9 Å². The molecule has 4 aromatic heterocycles. The lowest BCUT2D eigenvalue weighted by molar-refractivity contribution is -0.136. The Labute approximate surface area is 427 Å². The highest BCUT2D eigenvalue weighted by Gasteiger charge is 2.39. The maximum atomic E-state index is 13.3. The first-order chi connectivity index (χ1) is 34.0. The predicted octanol–water partition coefficient (Wildman–Crippen LogP) is 9.65. The minimum absolute atomic E-state index is 0.0975. The van der Waals surface area contributed by atoms with Gasteiger partial charge in [0.1, 0.15) is 37.3 Å². The number of amides is 2. The van der Waals surface area contributed by atoms with E-state index in [2.05, 4.69) is 44.9 Å². The van der Waals surface area contributed by atoms with Gasteiger partial charge in [0.2, 0.25) is 11.8 Å². The van der Waals surface area contributed by atoms with Crippen molar-refractivity contribution in [3.8, 4) is 45.0 Å². The van der Waals surface area contributed by atoms with Crippen molar-refractivity contribution in [2.45, 2.75) is 90.3 Å². The summed E-state index contributed by atoms with van der Waals surface area (Å²) >= 11 is 12.1. The molecule has 2 aliphatic heterocycles. The number of nitrogens with one attached hydrogen (secondary N) is 2. The highest BCUT2D eigenvalue weighted by Crippen LogP contribution is 2.55. The third kappa shape index (κ3) is 14.9. The van der Waals surface area contributed by atoms with Gasteiger partial charge in [0.15, 0.2) is 0 Å². The Hall–Kier alpha value is -5.24. The summed E-state index contributed by atoms with van der Waals surface area (Å²) in [7, 11) is -8.66. The molecule has 2 saturated heterocycles. The van der Waals surface area contributed by atoms with Crippen LogP contribution < -0.4 is 0 Å². The third-order valence-electron chi connectivity index (χ3n) is 11.5. The van der Waals surface area contributed by atoms with Crippen molar-refractivity contribution < 1.29 is 46.6 Å². The molecule has 6 heterocycles. The van der Waals surface area contributed by atoms with Gasteiger partial charge in [-0.15, -0.1) is 0 Å². The highest BCUT2D eigenvalue weighted by atomic mass is 35.5. The minimum Gasteiger partial charge on any atom is -0.341 e. The van der Waals surface area contributed by atoms with Gasteiger partial charge in [-0.2, -0.15) is 10.2 Å². The normalized spacial score (nSPS) is 15.3. The largest absolute Gasteiger partial charge is 0.476 e. The van der Waals surface area contributed by atoms with Crippen LogP contribution in [-0.4, -0.2) is 122 Å². The molecule has 6 aromatic rings. The van der Waals surface area contributed by atoms with Gasteiger partial charge in [0, 0.05) is 94.1 Å². The maximum absolute atomic E-state index is 13.3. The van der Waals surface area contributed by atoms with E-state index in [4.69, 9.17) is 46.6 Å². The second kappa shape index (κ2) is 23.3. The molecular formula is C48H58Cl2N10O10P2. The number of nitrogens with zero attached hydrogens (tertiary/aromatic N) is 8. The van der Waals surface area contributed by atoms with E-state index in [1.165, 1.54) is 12.7 Å². The monoisotopic (exact) mass is 1070 g/mol. The molecule has 0 aliphatic carbocycles. The molecule has 8 rings (SSSR count). The molecular weight excluding hydrogens is 1010 g/mol. The zero-order chi connectivity index (χ0) is 51.8. The van der Waals surface area contributed by atoms with Crippen molar-refractivity contribution in [2.24, 2.45) is 0 Å². The van der Waals surface area contributed by atoms with Crippen molar-refractivity contribution in [3.63, 3.8) is 0 Å². The number of phosphoric acid groups is 2. The number of halogens is 2. The number of aromatic amines is 2. The van der Waals surface area contributed by atoms with Crippen LogP contribution in [0.25, 0.3) is 45.0 Å². The first-order valence-electron chi connectivity index (χ1n) is 23.2. The molecule has 24 heteroatoms. The molecule has 2 fully saturated rings. The third-order valence-corrected chi connectivity index (χ3v) is 14.4. The minimum atomic E-state index is -4.68. The first-order valence-corrected chi connectivity index (χ1v) is 26.9. The van der Waals surface area contributed by atoms with Gasteiger partial charge in [-0.1, -0.05) is 47.5 Å². The molecule has 2 amide bonds. The van der Waals surface area contributed by atoms with Crippen LogP contribution in [0.15, 0.2) is 85.7 Å². The van der Waals surface area contributed by atoms with Gasteiger partial charge in [-0.25, -0.2) is 29.1 Å². The van der Waals surface area contributed by atoms with Crippen molar-refractivity contribution >= 4 is 50.7 Å². The van der Waals surface area contributed by atoms with E-state index in [1.807, 2.05) is 48.5 Å². The summed E-state index contributed by atoms with van der Waals surface area (Å²) in [5, 5.41) is 16.9. The number of carbonyl (C=O) groups excluding carboxylic acids is 2. The molecule has 20 nitrogen and oxygen atoms in total. The molecule has 72 heavy (non-hydrogen) atoms. The molecule has 0 atom stereocenters. The number of likely N-dealkylation sites (tertiary alicyclic amines) is 2. The molecule has 0 spiro atoms. The molecule has 0 radical (unpaired) electrons. The molecule has 0 bridgehead atoms. The fourth-order valence-electron chi connectivity index (χ4n) is 8.36. The second-order valence-electron chi connectivity index (χ2n) is 19.1. The standard InChI is InChI=1S/C28H37ClN5O5P.C20H21ClN5O5P/c1-27(2,3)38-40(36,39-28(4,5)6)37-17-23(35)34-15-12-20(13-16-34)26-24(22-11-14-30-18-31-22)25(32-33-26)19-7-9-21(29)10-8-19;21-15-3-1-13(2-4-15)19-18(16-5-8-22-12-23-16)20(25-24-19)14-6-9-26(10-7-14)17(27)11-31-32(28,29)30/h7-11,14,18,20H,12-13,15-17H2,1-6H3,(H,32,33);1-5,8,12,14H,6-7,9-11H2,(H,24,25)(H2,28,29,30). The Bertz CT molecular complexity index is 2840. The summed E-state index contributed by atoms with van der Waals surface area (Å²) < 4.78 is 45.3. The van der Waals surface area contributed by atoms with Crippen molar-refractivity contribution in [1.29, 1.82) is 0 Å². The lowest BCUT2D eigenvalue weighted by Crippen LogP contribution is -2.40. The SMILES string of the molecule is CC(C)(C)OP(=O)(OCC(=O)N1CCC(c2[nH]nc(-c3ccc(Cl)cc3)c2-c2ccncn2)CC1)OC(C)(C)C.O=C(COP(=O)(O)O)N1CCC(c2[nH]nc(-c3ccc(Cl)cc3)c2-c2ccncn2)CC1. The summed E-state index contributed by atoms with van der Waals surface area (Å²) in [6.45, 7) is 11.4. The van der Waals surface area contributed by atoms with Gasteiger partial charge in [-0.05, 0) is 104 Å². The Morgan fingerprint density at radius 1 is 0.625 bits per heavy atom. The molecule has 4 N–H and O–H groups in total. The number of piperidine rings is 2. The summed E-state index contributed by atoms with van der Waals surface area (Å²) in [6.07, 6.45) is 9.11. The van der Waals surface area contributed by atoms with Crippen molar-refractivity contribution in [2.75, 3.05) is 39.4 Å². The lowest BCUT2D eigenvalue weighted by Gasteiger charge is -2.33. The summed E-state index contributed by atoms with van der Waals surface area (Å²) in [6, 6.07) is 18.6. The Morgan fingerprint density at radius 2 is 1.00 bits per heavy atom. The Balaban J connectivity index is 0.000000216. The fraction of sp³-hybridized carbons (Fsp3) is 0.417. The van der Waals surface area contributed by atoms with E-state index in [-0.39, 0.29) is 17.7 Å². The highest BCUT2D eigenvalue weighted by molar-refractivity contribution is 7.48. The molecule has 2 aliphatic rings. The number of hydrogen-bond acceptors (Lipinski definition) is 14. The number of benzene rings is 2. The summed E-state index contributed by atoms with van der Waals surface area (Å²) in [5.74, 6) is -0.492. The van der Waals surface area contributed by atoms with Crippen LogP contribution >= 0.6 is 38.8 Å². The molecule has 0 saturated carbocycles. The zero-order valence-corrected chi connectivity index (χ0v) is 44.0. The van der Waals surface area contributed by atoms with Crippen LogP contribution in [0.1, 0.15) is 90.4 Å².